The lowest BCUT2D eigenvalue weighted by Crippen LogP contribution is -1.96. The molecule has 0 saturated carbocycles. The molecule has 0 bridgehead atoms. The van der Waals surface area contributed by atoms with Gasteiger partial charge in [0.2, 0.25) is 0 Å². The normalized spacial score (nSPS) is 11.0. The summed E-state index contributed by atoms with van der Waals surface area (Å²) in [7, 11) is 0. The number of carbonyl (C=O) groups is 1. The molecule has 0 aliphatic heterocycles. The van der Waals surface area contributed by atoms with E-state index < -0.39 is 0 Å². The van der Waals surface area contributed by atoms with Crippen molar-refractivity contribution < 1.29 is 19.4 Å². The van der Waals surface area contributed by atoms with Gasteiger partial charge in [-0.15, -0.1) is 0 Å². The molecular weight excluding hydrogens is 283 g/mol. The van der Waals surface area contributed by atoms with Gasteiger partial charge in [0.05, 0.1) is 0 Å². The van der Waals surface area contributed by atoms with Crippen molar-refractivity contribution in [1.82, 2.24) is 0 Å². The van der Waals surface area contributed by atoms with E-state index in [0.717, 1.165) is 11.1 Å². The van der Waals surface area contributed by atoms with E-state index in [2.05, 4.69) is 0 Å². The second kappa shape index (κ2) is 7.52. The maximum absolute atomic E-state index is 13.3. The molecule has 0 heterocycles. The van der Waals surface area contributed by atoms with Gasteiger partial charge in [-0.2, -0.15) is 0 Å². The predicted molar refractivity (Wildman–Crippen MR) is 83.3 cm³/mol. The number of benzene rings is 2. The highest BCUT2D eigenvalue weighted by Crippen LogP contribution is 2.16. The summed E-state index contributed by atoms with van der Waals surface area (Å²) in [5.74, 6) is -0.433. The molecule has 0 saturated heterocycles. The van der Waals surface area contributed by atoms with Crippen molar-refractivity contribution in [3.8, 4) is 5.75 Å². The summed E-state index contributed by atoms with van der Waals surface area (Å²) in [6.07, 6.45) is 4.14. The lowest BCUT2D eigenvalue weighted by Gasteiger charge is -2.05. The van der Waals surface area contributed by atoms with Crippen molar-refractivity contribution in [3.05, 3.63) is 71.0 Å². The van der Waals surface area contributed by atoms with Crippen LogP contribution < -0.4 is 0 Å². The van der Waals surface area contributed by atoms with Gasteiger partial charge in [0.25, 0.3) is 0 Å². The fourth-order valence-electron chi connectivity index (χ4n) is 2.11. The number of phenolic OH excluding ortho intramolecular Hbond substituents is 1. The molecule has 22 heavy (non-hydrogen) atoms. The third kappa shape index (κ3) is 4.27. The molecule has 114 valence electrons. The molecule has 0 fully saturated rings. The van der Waals surface area contributed by atoms with E-state index in [-0.39, 0.29) is 24.0 Å². The number of carbonyl (C=O) groups excluding carboxylic acids is 1. The number of hydrogen-bond acceptors (Lipinski definition) is 3. The van der Waals surface area contributed by atoms with Crippen molar-refractivity contribution in [3.63, 3.8) is 0 Å². The fourth-order valence-corrected chi connectivity index (χ4v) is 2.11. The minimum absolute atomic E-state index is 0.0338. The zero-order valence-electron chi connectivity index (χ0n) is 12.0. The van der Waals surface area contributed by atoms with Crippen LogP contribution >= 0.6 is 0 Å². The monoisotopic (exact) mass is 300 g/mol. The van der Waals surface area contributed by atoms with Crippen LogP contribution in [0, 0.1) is 5.82 Å². The first-order valence-corrected chi connectivity index (χ1v) is 7.01. The van der Waals surface area contributed by atoms with Crippen LogP contribution in [0.5, 0.6) is 5.75 Å². The first-order chi connectivity index (χ1) is 10.6. The van der Waals surface area contributed by atoms with Crippen molar-refractivity contribution in [2.75, 3.05) is 6.61 Å². The molecule has 2 aromatic carbocycles. The zero-order valence-corrected chi connectivity index (χ0v) is 12.0. The van der Waals surface area contributed by atoms with Crippen LogP contribution in [0.3, 0.4) is 0 Å². The first kappa shape index (κ1) is 15.9. The number of allylic oxidation sites excluding steroid dienone is 1. The van der Waals surface area contributed by atoms with Gasteiger partial charge in [0.15, 0.2) is 5.78 Å². The van der Waals surface area contributed by atoms with Crippen molar-refractivity contribution in [2.45, 2.75) is 12.8 Å². The third-order valence-electron chi connectivity index (χ3n) is 3.28. The Labute approximate surface area is 128 Å². The molecule has 2 rings (SSSR count). The van der Waals surface area contributed by atoms with Gasteiger partial charge in [0.1, 0.15) is 11.6 Å². The number of ketones is 1. The van der Waals surface area contributed by atoms with Gasteiger partial charge >= 0.3 is 0 Å². The molecule has 0 aliphatic rings. The van der Waals surface area contributed by atoms with Crippen LogP contribution in [0.15, 0.2) is 48.5 Å². The number of aromatic hydroxyl groups is 1. The van der Waals surface area contributed by atoms with Crippen molar-refractivity contribution in [2.24, 2.45) is 0 Å². The first-order valence-electron chi connectivity index (χ1n) is 7.01. The number of aliphatic hydroxyl groups excluding tert-OH is 1. The highest BCUT2D eigenvalue weighted by Gasteiger charge is 2.04. The quantitative estimate of drug-likeness (QED) is 0.635. The molecule has 2 N–H and O–H groups in total. The smallest absolute Gasteiger partial charge is 0.185 e. The van der Waals surface area contributed by atoms with E-state index in [1.165, 1.54) is 30.3 Å². The minimum Gasteiger partial charge on any atom is -0.508 e. The van der Waals surface area contributed by atoms with E-state index in [1.54, 1.807) is 24.3 Å². The Morgan fingerprint density at radius 1 is 1.14 bits per heavy atom. The van der Waals surface area contributed by atoms with E-state index in [1.807, 2.05) is 0 Å². The Morgan fingerprint density at radius 2 is 1.86 bits per heavy atom. The standard InChI is InChI=1S/C18H17FO3/c19-16-7-3-13(15(12-16)2-1-11-20)6-10-18(22)14-4-8-17(21)9-5-14/h3-10,12,20-21H,1-2,11H2. The maximum Gasteiger partial charge on any atom is 0.185 e. The van der Waals surface area contributed by atoms with E-state index >= 15 is 0 Å². The number of hydrogen-bond donors (Lipinski definition) is 2. The largest absolute Gasteiger partial charge is 0.508 e. The molecular formula is C18H17FO3. The highest BCUT2D eigenvalue weighted by atomic mass is 19.1. The summed E-state index contributed by atoms with van der Waals surface area (Å²) in [4.78, 5) is 12.0. The number of rotatable bonds is 6. The third-order valence-corrected chi connectivity index (χ3v) is 3.28. The van der Waals surface area contributed by atoms with Gasteiger partial charge in [-0.25, -0.2) is 4.39 Å². The van der Waals surface area contributed by atoms with Gasteiger partial charge in [-0.3, -0.25) is 4.79 Å². The Bertz CT molecular complexity index is 675. The summed E-state index contributed by atoms with van der Waals surface area (Å²) in [5.41, 5.74) is 1.97. The van der Waals surface area contributed by atoms with Crippen molar-refractivity contribution in [1.29, 1.82) is 0 Å². The van der Waals surface area contributed by atoms with Gasteiger partial charge in [-0.1, -0.05) is 12.1 Å². The summed E-state index contributed by atoms with van der Waals surface area (Å²) in [6.45, 7) is 0.0338. The van der Waals surface area contributed by atoms with Crippen LogP contribution in [0.25, 0.3) is 6.08 Å². The van der Waals surface area contributed by atoms with E-state index in [9.17, 15) is 14.3 Å². The van der Waals surface area contributed by atoms with E-state index in [0.29, 0.717) is 18.4 Å². The predicted octanol–water partition coefficient (Wildman–Crippen LogP) is 3.35. The zero-order chi connectivity index (χ0) is 15.9. The van der Waals surface area contributed by atoms with Crippen LogP contribution in [-0.2, 0) is 6.42 Å². The summed E-state index contributed by atoms with van der Waals surface area (Å²) in [5, 5.41) is 18.1. The van der Waals surface area contributed by atoms with Gasteiger partial charge in [-0.05, 0) is 66.4 Å². The van der Waals surface area contributed by atoms with Gasteiger partial charge < -0.3 is 10.2 Å². The molecule has 0 unspecified atom stereocenters. The van der Waals surface area contributed by atoms with E-state index in [4.69, 9.17) is 5.11 Å². The average Bonchev–Trinajstić information content (AvgIpc) is 2.52. The molecule has 0 aliphatic carbocycles. The summed E-state index contributed by atoms with van der Waals surface area (Å²) >= 11 is 0. The van der Waals surface area contributed by atoms with Crippen molar-refractivity contribution >= 4 is 11.9 Å². The average molecular weight is 300 g/mol. The number of aryl methyl sites for hydroxylation is 1. The highest BCUT2D eigenvalue weighted by molar-refractivity contribution is 6.06. The van der Waals surface area contributed by atoms with Crippen LogP contribution in [0.4, 0.5) is 4.39 Å². The molecule has 3 nitrogen and oxygen atoms in total. The Kier molecular flexibility index (Phi) is 5.44. The lowest BCUT2D eigenvalue weighted by molar-refractivity contribution is 0.104. The molecule has 0 aromatic heterocycles. The molecule has 0 amide bonds. The molecule has 4 heteroatoms. The SMILES string of the molecule is O=C(C=Cc1ccc(F)cc1CCCO)c1ccc(O)cc1. The lowest BCUT2D eigenvalue weighted by atomic mass is 10.0. The second-order valence-corrected chi connectivity index (χ2v) is 4.91. The Hall–Kier alpha value is -2.46. The maximum atomic E-state index is 13.3. The van der Waals surface area contributed by atoms with Crippen LogP contribution in [0.2, 0.25) is 0 Å². The molecule has 0 atom stereocenters. The number of aliphatic hydroxyl groups is 1. The second-order valence-electron chi connectivity index (χ2n) is 4.91. The van der Waals surface area contributed by atoms with Gasteiger partial charge in [0, 0.05) is 12.2 Å². The minimum atomic E-state index is -0.338. The molecule has 0 spiro atoms. The number of phenols is 1. The fraction of sp³-hybridized carbons (Fsp3) is 0.167. The Morgan fingerprint density at radius 3 is 2.55 bits per heavy atom. The topological polar surface area (TPSA) is 57.5 Å². The Balaban J connectivity index is 2.18. The van der Waals surface area contributed by atoms with Crippen LogP contribution in [-0.4, -0.2) is 22.6 Å². The summed E-state index contributed by atoms with van der Waals surface area (Å²) in [6, 6.07) is 10.4. The molecule has 0 radical (unpaired) electrons. The number of halogens is 1. The molecule has 2 aromatic rings. The van der Waals surface area contributed by atoms with Crippen LogP contribution in [0.1, 0.15) is 27.9 Å². The summed E-state index contributed by atoms with van der Waals surface area (Å²) < 4.78 is 13.3.